The molecule has 2 rings (SSSR count). The normalized spacial score (nSPS) is 32.4. The maximum atomic E-state index is 10.4. The topological polar surface area (TPSA) is 88.4 Å². The maximum Gasteiger partial charge on any atom is 0.187 e. The van der Waals surface area contributed by atoms with Gasteiger partial charge in [0.15, 0.2) is 53.5 Å². The van der Waals surface area contributed by atoms with Gasteiger partial charge in [0.05, 0.1) is 12.7 Å². The van der Waals surface area contributed by atoms with Crippen molar-refractivity contribution in [3.8, 4) is 6.07 Å². The lowest BCUT2D eigenvalue weighted by Gasteiger charge is -2.51. The molecule has 0 spiro atoms. The Labute approximate surface area is 249 Å². The largest absolute Gasteiger partial charge is 0.415 e. The van der Waals surface area contributed by atoms with Gasteiger partial charge in [-0.15, -0.1) is 0 Å². The summed E-state index contributed by atoms with van der Waals surface area (Å²) < 4.78 is 46.7. The van der Waals surface area contributed by atoms with Gasteiger partial charge >= 0.3 is 0 Å². The highest BCUT2D eigenvalue weighted by molar-refractivity contribution is 6.71. The molecule has 1 aliphatic carbocycles. The van der Waals surface area contributed by atoms with Gasteiger partial charge in [0, 0.05) is 6.42 Å². The Bertz CT molecular complexity index is 911. The number of hydrogen-bond donors (Lipinski definition) is 0. The van der Waals surface area contributed by atoms with E-state index in [0.29, 0.717) is 13.0 Å². The predicted molar refractivity (Wildman–Crippen MR) is 174 cm³/mol. The molecule has 1 fully saturated rings. The third kappa shape index (κ3) is 12.3. The third-order valence-corrected chi connectivity index (χ3v) is 10.8. The first-order valence-electron chi connectivity index (χ1n) is 14.6. The van der Waals surface area contributed by atoms with Crippen molar-refractivity contribution in [2.24, 2.45) is 0 Å². The second-order valence-electron chi connectivity index (χ2n) is 16.0. The molecule has 0 saturated carbocycles. The van der Waals surface area contributed by atoms with Gasteiger partial charge in [-0.25, -0.2) is 0 Å². The lowest BCUT2D eigenvalue weighted by Crippen LogP contribution is -2.67. The van der Waals surface area contributed by atoms with Crippen LogP contribution in [0, 0.1) is 11.3 Å². The van der Waals surface area contributed by atoms with E-state index in [4.69, 9.17) is 31.6 Å². The average molecular weight is 648 g/mol. The van der Waals surface area contributed by atoms with Crippen LogP contribution in [0.25, 0.3) is 0 Å². The van der Waals surface area contributed by atoms with Gasteiger partial charge in [-0.2, -0.15) is 5.26 Å². The van der Waals surface area contributed by atoms with E-state index in [-0.39, 0.29) is 12.2 Å². The Kier molecular flexibility index (Phi) is 11.7. The summed E-state index contributed by atoms with van der Waals surface area (Å²) in [4.78, 5) is 0. The van der Waals surface area contributed by atoms with E-state index >= 15 is 0 Å². The lowest BCUT2D eigenvalue weighted by molar-refractivity contribution is -0.306. The highest BCUT2D eigenvalue weighted by atomic mass is 28.4. The first kappa shape index (κ1) is 36.2. The van der Waals surface area contributed by atoms with Crippen LogP contribution in [-0.4, -0.2) is 90.6 Å². The van der Waals surface area contributed by atoms with Crippen LogP contribution in [0.3, 0.4) is 0 Å². The van der Waals surface area contributed by atoms with Crippen molar-refractivity contribution >= 4 is 41.6 Å². The summed E-state index contributed by atoms with van der Waals surface area (Å²) in [6.45, 7) is 32.8. The fourth-order valence-electron chi connectivity index (χ4n) is 4.70. The van der Waals surface area contributed by atoms with Crippen LogP contribution in [0.4, 0.5) is 0 Å². The average Bonchev–Trinajstić information content (AvgIpc) is 3.09. The Morgan fingerprint density at radius 1 is 0.700 bits per heavy atom. The molecule has 0 unspecified atom stereocenters. The zero-order valence-corrected chi connectivity index (χ0v) is 32.8. The summed E-state index contributed by atoms with van der Waals surface area (Å²) in [5.74, 6) is 0. The molecule has 232 valence electrons. The van der Waals surface area contributed by atoms with E-state index in [1.54, 1.807) is 0 Å². The summed E-state index contributed by atoms with van der Waals surface area (Å²) in [5.41, 5.74) is -1.18. The lowest BCUT2D eigenvalue weighted by atomic mass is 9.98. The first-order valence-corrected chi connectivity index (χ1v) is 31.6. The van der Waals surface area contributed by atoms with Crippen molar-refractivity contribution in [1.82, 2.24) is 0 Å². The van der Waals surface area contributed by atoms with Crippen molar-refractivity contribution in [3.05, 3.63) is 12.2 Å². The van der Waals surface area contributed by atoms with Crippen molar-refractivity contribution in [2.45, 2.75) is 147 Å². The smallest absolute Gasteiger partial charge is 0.187 e. The molecular formula is C27H57NO7Si5. The van der Waals surface area contributed by atoms with E-state index in [1.807, 2.05) is 12.2 Å². The molecule has 0 aromatic rings. The SMILES string of the molecule is C[Si](C)(C)OC[C@H]1O[C@@H](O[C@@]2(C#N)C=C[C@@H](O[Si](C)(C)C)C2)[C@H](O[Si](C)(C)C)[C@@H](O[Si](C)(C)C)[C@@H]1O[Si](C)(C)C. The standard InChI is InChI=1S/C27H57NO7Si5/c1-36(2,3)29-19-22-23(33-38(7,8)9)24(34-39(10,11)12)25(35-40(13,14)15)26(30-22)31-27(20-28)17-16-21(18-27)32-37(4,5)6/h16-17,21-26H,18-19H2,1-15H3/t21-,22-,23-,24+,25-,26+,27+/m1/s1. The third-order valence-electron chi connectivity index (χ3n) is 5.85. The van der Waals surface area contributed by atoms with Crippen molar-refractivity contribution < 1.29 is 31.6 Å². The maximum absolute atomic E-state index is 10.4. The van der Waals surface area contributed by atoms with Gasteiger partial charge < -0.3 is 31.6 Å². The van der Waals surface area contributed by atoms with E-state index in [2.05, 4.69) is 104 Å². The number of ether oxygens (including phenoxy) is 2. The van der Waals surface area contributed by atoms with Gasteiger partial charge in [0.25, 0.3) is 0 Å². The molecule has 2 aliphatic rings. The fraction of sp³-hybridized carbons (Fsp3) is 0.889. The van der Waals surface area contributed by atoms with Crippen LogP contribution in [0.2, 0.25) is 98.2 Å². The van der Waals surface area contributed by atoms with Crippen LogP contribution in [0.5, 0.6) is 0 Å². The molecule has 0 aromatic carbocycles. The molecule has 13 heteroatoms. The molecule has 40 heavy (non-hydrogen) atoms. The molecule has 1 aliphatic heterocycles. The van der Waals surface area contributed by atoms with Crippen molar-refractivity contribution in [1.29, 1.82) is 5.26 Å². The van der Waals surface area contributed by atoms with Crippen LogP contribution < -0.4 is 0 Å². The molecule has 1 saturated heterocycles. The second kappa shape index (κ2) is 12.9. The van der Waals surface area contributed by atoms with E-state index < -0.39 is 71.8 Å². The molecule has 1 heterocycles. The van der Waals surface area contributed by atoms with Crippen LogP contribution >= 0.6 is 0 Å². The molecule has 0 amide bonds. The molecular weight excluding hydrogens is 591 g/mol. The van der Waals surface area contributed by atoms with E-state index in [0.717, 1.165) is 0 Å². The highest BCUT2D eigenvalue weighted by Crippen LogP contribution is 2.39. The quantitative estimate of drug-likeness (QED) is 0.162. The summed E-state index contributed by atoms with van der Waals surface area (Å²) in [5, 5.41) is 10.4. The molecule has 0 aromatic heterocycles. The molecule has 7 atom stereocenters. The summed E-state index contributed by atoms with van der Waals surface area (Å²) in [6.07, 6.45) is 1.41. The number of rotatable bonds is 13. The van der Waals surface area contributed by atoms with Gasteiger partial charge in [-0.3, -0.25) is 0 Å². The van der Waals surface area contributed by atoms with Gasteiger partial charge in [0.1, 0.15) is 30.5 Å². The van der Waals surface area contributed by atoms with Gasteiger partial charge in [0.2, 0.25) is 0 Å². The predicted octanol–water partition coefficient (Wildman–Crippen LogP) is 6.68. The molecule has 8 nitrogen and oxygen atoms in total. The zero-order chi connectivity index (χ0) is 30.9. The molecule has 0 bridgehead atoms. The Morgan fingerprint density at radius 3 is 1.62 bits per heavy atom. The summed E-state index contributed by atoms with van der Waals surface area (Å²) >= 11 is 0. The number of hydrogen-bond acceptors (Lipinski definition) is 8. The van der Waals surface area contributed by atoms with E-state index in [9.17, 15) is 5.26 Å². The van der Waals surface area contributed by atoms with Crippen LogP contribution in [-0.2, 0) is 31.6 Å². The Morgan fingerprint density at radius 2 is 1.18 bits per heavy atom. The van der Waals surface area contributed by atoms with Crippen LogP contribution in [0.15, 0.2) is 12.2 Å². The molecule has 0 radical (unpaired) electrons. The minimum Gasteiger partial charge on any atom is -0.415 e. The van der Waals surface area contributed by atoms with Crippen molar-refractivity contribution in [2.75, 3.05) is 6.61 Å². The Hall–Kier alpha value is 0.0344. The minimum absolute atomic E-state index is 0.172. The number of nitriles is 1. The first-order chi connectivity index (χ1) is 17.8. The van der Waals surface area contributed by atoms with Gasteiger partial charge in [-0.1, -0.05) is 6.08 Å². The Balaban J connectivity index is 2.56. The van der Waals surface area contributed by atoms with Crippen LogP contribution in [0.1, 0.15) is 6.42 Å². The number of nitrogens with zero attached hydrogens (tertiary/aromatic N) is 1. The summed E-state index contributed by atoms with van der Waals surface area (Å²) in [7, 11) is -9.89. The minimum atomic E-state index is -2.11. The van der Waals surface area contributed by atoms with Crippen molar-refractivity contribution in [3.63, 3.8) is 0 Å². The zero-order valence-electron chi connectivity index (χ0n) is 27.8. The highest BCUT2D eigenvalue weighted by Gasteiger charge is 2.54. The van der Waals surface area contributed by atoms with Gasteiger partial charge in [-0.05, 0) is 104 Å². The van der Waals surface area contributed by atoms with E-state index in [1.165, 1.54) is 0 Å². The fourth-order valence-corrected chi connectivity index (χ4v) is 9.69. The summed E-state index contributed by atoms with van der Waals surface area (Å²) in [6, 6.07) is 2.43. The monoisotopic (exact) mass is 647 g/mol. The second-order valence-corrected chi connectivity index (χ2v) is 38.4. The molecule has 0 N–H and O–H groups in total.